The Morgan fingerprint density at radius 3 is 2.86 bits per heavy atom. The van der Waals surface area contributed by atoms with Gasteiger partial charge in [-0.1, -0.05) is 12.1 Å². The number of ether oxygens (including phenoxy) is 1. The van der Waals surface area contributed by atoms with Gasteiger partial charge in [-0.2, -0.15) is 5.26 Å². The van der Waals surface area contributed by atoms with Crippen LogP contribution in [0.2, 0.25) is 0 Å². The van der Waals surface area contributed by atoms with Gasteiger partial charge in [-0.05, 0) is 31.0 Å². The summed E-state index contributed by atoms with van der Waals surface area (Å²) in [5.41, 5.74) is 2.18. The van der Waals surface area contributed by atoms with Crippen molar-refractivity contribution in [1.29, 1.82) is 5.26 Å². The number of rotatable bonds is 4. The van der Waals surface area contributed by atoms with Crippen molar-refractivity contribution < 1.29 is 13.9 Å². The molecule has 4 nitrogen and oxygen atoms in total. The highest BCUT2D eigenvalue weighted by molar-refractivity contribution is 5.95. The SMILES string of the molecule is CC1=NC=C(C(=O)OCCC#N)C(c2ccc(F)cc2)C1. The number of hydrogen-bond acceptors (Lipinski definition) is 4. The van der Waals surface area contributed by atoms with E-state index in [0.717, 1.165) is 11.3 Å². The summed E-state index contributed by atoms with van der Waals surface area (Å²) < 4.78 is 18.1. The predicted molar refractivity (Wildman–Crippen MR) is 76.1 cm³/mol. The van der Waals surface area contributed by atoms with Crippen molar-refractivity contribution in [2.75, 3.05) is 6.61 Å². The van der Waals surface area contributed by atoms with Gasteiger partial charge in [-0.15, -0.1) is 0 Å². The lowest BCUT2D eigenvalue weighted by molar-refractivity contribution is -0.139. The van der Waals surface area contributed by atoms with E-state index >= 15 is 0 Å². The zero-order chi connectivity index (χ0) is 15.2. The average molecular weight is 286 g/mol. The first-order valence-corrected chi connectivity index (χ1v) is 6.64. The Bertz CT molecular complexity index is 627. The lowest BCUT2D eigenvalue weighted by Crippen LogP contribution is -2.20. The van der Waals surface area contributed by atoms with Crippen molar-refractivity contribution in [3.63, 3.8) is 0 Å². The number of halogens is 1. The molecule has 1 heterocycles. The molecule has 21 heavy (non-hydrogen) atoms. The van der Waals surface area contributed by atoms with E-state index in [2.05, 4.69) is 4.99 Å². The molecule has 1 aromatic rings. The van der Waals surface area contributed by atoms with Crippen LogP contribution < -0.4 is 0 Å². The van der Waals surface area contributed by atoms with Crippen molar-refractivity contribution in [3.05, 3.63) is 47.4 Å². The second kappa shape index (κ2) is 6.80. The first-order valence-electron chi connectivity index (χ1n) is 6.64. The van der Waals surface area contributed by atoms with Crippen LogP contribution in [0.4, 0.5) is 4.39 Å². The minimum Gasteiger partial charge on any atom is -0.461 e. The van der Waals surface area contributed by atoms with Crippen LogP contribution in [0.25, 0.3) is 0 Å². The van der Waals surface area contributed by atoms with E-state index in [0.29, 0.717) is 12.0 Å². The average Bonchev–Trinajstić information content (AvgIpc) is 2.48. The van der Waals surface area contributed by atoms with Gasteiger partial charge in [0.15, 0.2) is 0 Å². The smallest absolute Gasteiger partial charge is 0.336 e. The van der Waals surface area contributed by atoms with Gasteiger partial charge in [0.25, 0.3) is 0 Å². The van der Waals surface area contributed by atoms with Crippen LogP contribution in [0.5, 0.6) is 0 Å². The van der Waals surface area contributed by atoms with Crippen LogP contribution in [0.1, 0.15) is 31.2 Å². The Labute approximate surface area is 122 Å². The van der Waals surface area contributed by atoms with Gasteiger partial charge in [0.05, 0.1) is 18.1 Å². The third-order valence-electron chi connectivity index (χ3n) is 3.25. The summed E-state index contributed by atoms with van der Waals surface area (Å²) in [7, 11) is 0. The van der Waals surface area contributed by atoms with Crippen LogP contribution in [0, 0.1) is 17.1 Å². The zero-order valence-corrected chi connectivity index (χ0v) is 11.7. The highest BCUT2D eigenvalue weighted by Crippen LogP contribution is 2.32. The van der Waals surface area contributed by atoms with E-state index in [4.69, 9.17) is 10.00 Å². The Morgan fingerprint density at radius 1 is 1.48 bits per heavy atom. The fraction of sp³-hybridized carbons (Fsp3) is 0.312. The van der Waals surface area contributed by atoms with Gasteiger partial charge in [-0.3, -0.25) is 4.99 Å². The van der Waals surface area contributed by atoms with E-state index in [1.165, 1.54) is 18.3 Å². The lowest BCUT2D eigenvalue weighted by atomic mass is 9.86. The summed E-state index contributed by atoms with van der Waals surface area (Å²) in [5, 5.41) is 8.47. The van der Waals surface area contributed by atoms with Crippen LogP contribution in [-0.4, -0.2) is 18.3 Å². The predicted octanol–water partition coefficient (Wildman–Crippen LogP) is 3.11. The van der Waals surface area contributed by atoms with Crippen LogP contribution in [-0.2, 0) is 9.53 Å². The molecule has 1 unspecified atom stereocenters. The summed E-state index contributed by atoms with van der Waals surface area (Å²) >= 11 is 0. The molecule has 0 amide bonds. The van der Waals surface area contributed by atoms with Crippen molar-refractivity contribution in [2.24, 2.45) is 4.99 Å². The Morgan fingerprint density at radius 2 is 2.19 bits per heavy atom. The topological polar surface area (TPSA) is 62.4 Å². The van der Waals surface area contributed by atoms with E-state index in [9.17, 15) is 9.18 Å². The van der Waals surface area contributed by atoms with Crippen molar-refractivity contribution in [2.45, 2.75) is 25.7 Å². The fourth-order valence-electron chi connectivity index (χ4n) is 2.19. The number of hydrogen-bond donors (Lipinski definition) is 0. The van der Waals surface area contributed by atoms with Crippen LogP contribution in [0.15, 0.2) is 41.0 Å². The number of esters is 1. The molecule has 0 aromatic heterocycles. The molecule has 2 rings (SSSR count). The molecule has 1 aliphatic heterocycles. The summed E-state index contributed by atoms with van der Waals surface area (Å²) in [6.07, 6.45) is 2.24. The number of benzene rings is 1. The normalized spacial score (nSPS) is 17.5. The van der Waals surface area contributed by atoms with Gasteiger partial charge in [0.1, 0.15) is 12.4 Å². The van der Waals surface area contributed by atoms with E-state index in [1.54, 1.807) is 12.1 Å². The van der Waals surface area contributed by atoms with E-state index < -0.39 is 5.97 Å². The Hall–Kier alpha value is -2.48. The van der Waals surface area contributed by atoms with Crippen molar-refractivity contribution >= 4 is 11.7 Å². The first-order chi connectivity index (χ1) is 10.1. The monoisotopic (exact) mass is 286 g/mol. The van der Waals surface area contributed by atoms with Crippen LogP contribution in [0.3, 0.4) is 0 Å². The quantitative estimate of drug-likeness (QED) is 0.631. The van der Waals surface area contributed by atoms with Gasteiger partial charge < -0.3 is 4.74 Å². The molecule has 1 aromatic carbocycles. The molecule has 0 spiro atoms. The Balaban J connectivity index is 2.21. The van der Waals surface area contributed by atoms with Crippen molar-refractivity contribution in [1.82, 2.24) is 0 Å². The van der Waals surface area contributed by atoms with Gasteiger partial charge in [0, 0.05) is 17.8 Å². The standard InChI is InChI=1S/C16H15FN2O2/c1-11-9-14(12-3-5-13(17)6-4-12)15(10-19-11)16(20)21-8-2-7-18/h3-6,10,14H,2,8-9H2,1H3. The molecule has 0 saturated carbocycles. The molecule has 0 bridgehead atoms. The molecule has 0 N–H and O–H groups in total. The van der Waals surface area contributed by atoms with Crippen molar-refractivity contribution in [3.8, 4) is 6.07 Å². The number of carbonyl (C=O) groups is 1. The second-order valence-corrected chi connectivity index (χ2v) is 4.80. The fourth-order valence-corrected chi connectivity index (χ4v) is 2.19. The Kier molecular flexibility index (Phi) is 4.83. The highest BCUT2D eigenvalue weighted by atomic mass is 19.1. The van der Waals surface area contributed by atoms with Crippen LogP contribution >= 0.6 is 0 Å². The minimum absolute atomic E-state index is 0.0610. The molecule has 1 atom stereocenters. The maximum atomic E-state index is 13.0. The van der Waals surface area contributed by atoms with Gasteiger partial charge >= 0.3 is 5.97 Å². The third-order valence-corrected chi connectivity index (χ3v) is 3.25. The minimum atomic E-state index is -0.476. The molecule has 0 saturated heterocycles. The summed E-state index contributed by atoms with van der Waals surface area (Å²) in [6, 6.07) is 7.98. The van der Waals surface area contributed by atoms with E-state index in [-0.39, 0.29) is 24.8 Å². The molecule has 0 aliphatic carbocycles. The number of aliphatic imine (C=N–C) groups is 1. The lowest BCUT2D eigenvalue weighted by Gasteiger charge is -2.22. The maximum Gasteiger partial charge on any atom is 0.336 e. The molecule has 1 aliphatic rings. The van der Waals surface area contributed by atoms with E-state index in [1.807, 2.05) is 13.0 Å². The highest BCUT2D eigenvalue weighted by Gasteiger charge is 2.27. The number of nitriles is 1. The maximum absolute atomic E-state index is 13.0. The molecule has 5 heteroatoms. The molecular weight excluding hydrogens is 271 g/mol. The molecule has 0 fully saturated rings. The number of nitrogens with zero attached hydrogens (tertiary/aromatic N) is 2. The number of carbonyl (C=O) groups excluding carboxylic acids is 1. The largest absolute Gasteiger partial charge is 0.461 e. The molecule has 0 radical (unpaired) electrons. The zero-order valence-electron chi connectivity index (χ0n) is 11.7. The van der Waals surface area contributed by atoms with Gasteiger partial charge in [0.2, 0.25) is 0 Å². The summed E-state index contributed by atoms with van der Waals surface area (Å²) in [4.78, 5) is 16.3. The second-order valence-electron chi connectivity index (χ2n) is 4.80. The summed E-state index contributed by atoms with van der Waals surface area (Å²) in [5.74, 6) is -0.990. The molecular formula is C16H15FN2O2. The van der Waals surface area contributed by atoms with Gasteiger partial charge in [-0.25, -0.2) is 9.18 Å². The third kappa shape index (κ3) is 3.76. The first kappa shape index (κ1) is 14.9. The molecule has 108 valence electrons. The summed E-state index contributed by atoms with van der Waals surface area (Å²) in [6.45, 7) is 1.94.